The molecule has 0 radical (unpaired) electrons. The number of likely N-dealkylation sites (tertiary alicyclic amines) is 1. The molecule has 4 nitrogen and oxygen atoms in total. The van der Waals surface area contributed by atoms with E-state index in [1.54, 1.807) is 7.05 Å². The minimum absolute atomic E-state index is 0.110. The molecule has 0 bridgehead atoms. The van der Waals surface area contributed by atoms with Crippen molar-refractivity contribution in [1.82, 2.24) is 10.2 Å². The van der Waals surface area contributed by atoms with Crippen LogP contribution in [0, 0.1) is 5.92 Å². The van der Waals surface area contributed by atoms with Crippen LogP contribution in [-0.2, 0) is 4.79 Å². The van der Waals surface area contributed by atoms with Crippen LogP contribution in [0.5, 0.6) is 0 Å². The number of nitrogens with zero attached hydrogens (tertiary/aromatic N) is 1. The fourth-order valence-corrected chi connectivity index (χ4v) is 2.05. The van der Waals surface area contributed by atoms with E-state index < -0.39 is 0 Å². The van der Waals surface area contributed by atoms with Gasteiger partial charge in [0.1, 0.15) is 0 Å². The Labute approximate surface area is 85.8 Å². The Hall–Kier alpha value is -0.610. The van der Waals surface area contributed by atoms with Gasteiger partial charge in [-0.1, -0.05) is 0 Å². The van der Waals surface area contributed by atoms with Crippen molar-refractivity contribution in [3.8, 4) is 0 Å². The molecule has 0 aromatic carbocycles. The maximum absolute atomic E-state index is 11.2. The van der Waals surface area contributed by atoms with Crippen LogP contribution in [0.25, 0.3) is 0 Å². The fourth-order valence-electron chi connectivity index (χ4n) is 2.05. The first-order valence-corrected chi connectivity index (χ1v) is 5.39. The molecule has 1 rings (SSSR count). The van der Waals surface area contributed by atoms with Crippen molar-refractivity contribution < 1.29 is 4.79 Å². The Morgan fingerprint density at radius 1 is 1.64 bits per heavy atom. The number of hydrogen-bond donors (Lipinski definition) is 2. The van der Waals surface area contributed by atoms with E-state index in [0.717, 1.165) is 26.1 Å². The van der Waals surface area contributed by atoms with Crippen molar-refractivity contribution in [2.45, 2.75) is 19.3 Å². The van der Waals surface area contributed by atoms with E-state index in [1.807, 2.05) is 0 Å². The second kappa shape index (κ2) is 5.98. The molecule has 1 unspecified atom stereocenters. The lowest BCUT2D eigenvalue weighted by Gasteiger charge is -2.31. The van der Waals surface area contributed by atoms with Crippen LogP contribution in [0.15, 0.2) is 0 Å². The van der Waals surface area contributed by atoms with Gasteiger partial charge in [-0.15, -0.1) is 0 Å². The standard InChI is InChI=1S/C10H21N3O/c1-12-10(14)8-13-6-2-3-9(7-13)4-5-11/h9H,2-8,11H2,1H3,(H,12,14). The SMILES string of the molecule is CNC(=O)CN1CCCC(CCN)C1. The Bertz CT molecular complexity index is 182. The molecule has 1 heterocycles. The predicted octanol–water partition coefficient (Wildman–Crippen LogP) is -0.207. The van der Waals surface area contributed by atoms with Gasteiger partial charge in [-0.2, -0.15) is 0 Å². The maximum Gasteiger partial charge on any atom is 0.233 e. The number of carbonyl (C=O) groups is 1. The van der Waals surface area contributed by atoms with Gasteiger partial charge < -0.3 is 11.1 Å². The van der Waals surface area contributed by atoms with Gasteiger partial charge in [0.15, 0.2) is 0 Å². The second-order valence-electron chi connectivity index (χ2n) is 3.99. The summed E-state index contributed by atoms with van der Waals surface area (Å²) in [4.78, 5) is 13.4. The summed E-state index contributed by atoms with van der Waals surface area (Å²) in [6.45, 7) is 3.38. The molecule has 3 N–H and O–H groups in total. The van der Waals surface area contributed by atoms with Gasteiger partial charge in [-0.25, -0.2) is 0 Å². The van der Waals surface area contributed by atoms with Crippen LogP contribution in [0.1, 0.15) is 19.3 Å². The highest BCUT2D eigenvalue weighted by Crippen LogP contribution is 2.18. The van der Waals surface area contributed by atoms with Gasteiger partial charge in [-0.05, 0) is 38.3 Å². The highest BCUT2D eigenvalue weighted by Gasteiger charge is 2.20. The molecule has 0 saturated carbocycles. The summed E-state index contributed by atoms with van der Waals surface area (Å²) in [5, 5.41) is 2.65. The average Bonchev–Trinajstić information content (AvgIpc) is 2.19. The molecular weight excluding hydrogens is 178 g/mol. The van der Waals surface area contributed by atoms with Gasteiger partial charge in [0.2, 0.25) is 5.91 Å². The van der Waals surface area contributed by atoms with Crippen LogP contribution < -0.4 is 11.1 Å². The Balaban J connectivity index is 2.28. The lowest BCUT2D eigenvalue weighted by atomic mass is 9.95. The third-order valence-electron chi connectivity index (χ3n) is 2.82. The molecule has 0 aromatic heterocycles. The van der Waals surface area contributed by atoms with E-state index in [1.165, 1.54) is 12.8 Å². The van der Waals surface area contributed by atoms with E-state index in [4.69, 9.17) is 5.73 Å². The summed E-state index contributed by atoms with van der Waals surface area (Å²) >= 11 is 0. The number of hydrogen-bond acceptors (Lipinski definition) is 3. The minimum atomic E-state index is 0.110. The summed E-state index contributed by atoms with van der Waals surface area (Å²) in [5.41, 5.74) is 5.53. The van der Waals surface area contributed by atoms with E-state index >= 15 is 0 Å². The van der Waals surface area contributed by atoms with Crippen LogP contribution >= 0.6 is 0 Å². The average molecular weight is 199 g/mol. The van der Waals surface area contributed by atoms with Gasteiger partial charge in [0, 0.05) is 13.6 Å². The van der Waals surface area contributed by atoms with E-state index in [2.05, 4.69) is 10.2 Å². The van der Waals surface area contributed by atoms with Crippen molar-refractivity contribution in [3.63, 3.8) is 0 Å². The third kappa shape index (κ3) is 3.64. The van der Waals surface area contributed by atoms with Crippen LogP contribution in [0.4, 0.5) is 0 Å². The summed E-state index contributed by atoms with van der Waals surface area (Å²) in [7, 11) is 1.68. The molecule has 1 fully saturated rings. The summed E-state index contributed by atoms with van der Waals surface area (Å²) in [6.07, 6.45) is 3.55. The molecule has 82 valence electrons. The largest absolute Gasteiger partial charge is 0.358 e. The maximum atomic E-state index is 11.2. The van der Waals surface area contributed by atoms with Crippen molar-refractivity contribution in [2.24, 2.45) is 11.7 Å². The molecular formula is C10H21N3O. The highest BCUT2D eigenvalue weighted by atomic mass is 16.1. The molecule has 0 spiro atoms. The number of carbonyl (C=O) groups excluding carboxylic acids is 1. The molecule has 0 aromatic rings. The normalized spacial score (nSPS) is 23.4. The first-order valence-electron chi connectivity index (χ1n) is 5.39. The fraction of sp³-hybridized carbons (Fsp3) is 0.900. The van der Waals surface area contributed by atoms with Crippen molar-refractivity contribution >= 4 is 5.91 Å². The Morgan fingerprint density at radius 2 is 2.43 bits per heavy atom. The molecule has 1 saturated heterocycles. The first kappa shape index (κ1) is 11.5. The molecule has 4 heteroatoms. The van der Waals surface area contributed by atoms with Gasteiger partial charge in [0.25, 0.3) is 0 Å². The zero-order valence-electron chi connectivity index (χ0n) is 8.96. The topological polar surface area (TPSA) is 58.4 Å². The number of rotatable bonds is 4. The van der Waals surface area contributed by atoms with Crippen LogP contribution in [0.2, 0.25) is 0 Å². The lowest BCUT2D eigenvalue weighted by Crippen LogP contribution is -2.42. The molecule has 1 aliphatic rings. The van der Waals surface area contributed by atoms with Gasteiger partial charge in [0.05, 0.1) is 6.54 Å². The van der Waals surface area contributed by atoms with E-state index in [0.29, 0.717) is 12.5 Å². The molecule has 14 heavy (non-hydrogen) atoms. The third-order valence-corrected chi connectivity index (χ3v) is 2.82. The smallest absolute Gasteiger partial charge is 0.233 e. The number of nitrogens with one attached hydrogen (secondary N) is 1. The predicted molar refractivity (Wildman–Crippen MR) is 56.9 cm³/mol. The highest BCUT2D eigenvalue weighted by molar-refractivity contribution is 5.77. The number of nitrogens with two attached hydrogens (primary N) is 1. The van der Waals surface area contributed by atoms with Crippen LogP contribution in [0.3, 0.4) is 0 Å². The quantitative estimate of drug-likeness (QED) is 0.659. The van der Waals surface area contributed by atoms with Crippen molar-refractivity contribution in [2.75, 3.05) is 33.2 Å². The van der Waals surface area contributed by atoms with E-state index in [-0.39, 0.29) is 5.91 Å². The van der Waals surface area contributed by atoms with Gasteiger partial charge in [-0.3, -0.25) is 9.69 Å². The van der Waals surface area contributed by atoms with Crippen LogP contribution in [-0.4, -0.2) is 44.0 Å². The van der Waals surface area contributed by atoms with Crippen molar-refractivity contribution in [1.29, 1.82) is 0 Å². The summed E-state index contributed by atoms with van der Waals surface area (Å²) in [6, 6.07) is 0. The first-order chi connectivity index (χ1) is 6.76. The summed E-state index contributed by atoms with van der Waals surface area (Å²) in [5.74, 6) is 0.803. The van der Waals surface area contributed by atoms with Crippen molar-refractivity contribution in [3.05, 3.63) is 0 Å². The Morgan fingerprint density at radius 3 is 3.07 bits per heavy atom. The zero-order valence-corrected chi connectivity index (χ0v) is 8.96. The number of likely N-dealkylation sites (N-methyl/N-ethyl adjacent to an activating group) is 1. The second-order valence-corrected chi connectivity index (χ2v) is 3.99. The minimum Gasteiger partial charge on any atom is -0.358 e. The number of piperidine rings is 1. The lowest BCUT2D eigenvalue weighted by molar-refractivity contribution is -0.122. The number of amides is 1. The molecule has 1 amide bonds. The van der Waals surface area contributed by atoms with Gasteiger partial charge >= 0.3 is 0 Å². The molecule has 1 atom stereocenters. The van der Waals surface area contributed by atoms with E-state index in [9.17, 15) is 4.79 Å². The Kier molecular flexibility index (Phi) is 4.90. The monoisotopic (exact) mass is 199 g/mol. The zero-order chi connectivity index (χ0) is 10.4. The summed E-state index contributed by atoms with van der Waals surface area (Å²) < 4.78 is 0. The molecule has 0 aliphatic carbocycles. The molecule has 1 aliphatic heterocycles.